The molecule has 0 spiro atoms. The Balaban J connectivity index is 1.74. The third kappa shape index (κ3) is 4.86. The summed E-state index contributed by atoms with van der Waals surface area (Å²) in [5.74, 6) is 0.530. The summed E-state index contributed by atoms with van der Waals surface area (Å²) >= 11 is 0. The SMILES string of the molecule is CCC(NCCC(C)C(C)C#N)c1ccc(-c2ccc(C)c3ccccc23)cc1. The van der Waals surface area contributed by atoms with Crippen LogP contribution in [0.1, 0.15) is 50.8 Å². The highest BCUT2D eigenvalue weighted by atomic mass is 14.9. The summed E-state index contributed by atoms with van der Waals surface area (Å²) in [6, 6.07) is 24.8. The van der Waals surface area contributed by atoms with Crippen LogP contribution < -0.4 is 5.32 Å². The molecular weight excluding hydrogens is 352 g/mol. The van der Waals surface area contributed by atoms with Gasteiger partial charge in [-0.05, 0) is 72.2 Å². The van der Waals surface area contributed by atoms with E-state index in [-0.39, 0.29) is 5.92 Å². The summed E-state index contributed by atoms with van der Waals surface area (Å²) in [7, 11) is 0. The van der Waals surface area contributed by atoms with Crippen LogP contribution in [-0.4, -0.2) is 6.54 Å². The maximum atomic E-state index is 9.07. The molecule has 0 heterocycles. The minimum absolute atomic E-state index is 0.112. The average Bonchev–Trinajstić information content (AvgIpc) is 2.77. The second-order valence-electron chi connectivity index (χ2n) is 8.20. The van der Waals surface area contributed by atoms with Crippen molar-refractivity contribution in [2.45, 2.75) is 46.6 Å². The van der Waals surface area contributed by atoms with Crippen LogP contribution in [0.5, 0.6) is 0 Å². The summed E-state index contributed by atoms with van der Waals surface area (Å²) in [5.41, 5.74) is 5.19. The zero-order valence-corrected chi connectivity index (χ0v) is 18.1. The first-order valence-electron chi connectivity index (χ1n) is 10.8. The predicted octanol–water partition coefficient (Wildman–Crippen LogP) is 7.04. The molecule has 0 aliphatic heterocycles. The molecule has 0 amide bonds. The Morgan fingerprint density at radius 3 is 2.28 bits per heavy atom. The van der Waals surface area contributed by atoms with E-state index < -0.39 is 0 Å². The van der Waals surface area contributed by atoms with Gasteiger partial charge in [0.1, 0.15) is 0 Å². The number of aryl methyl sites for hydroxylation is 1. The number of nitriles is 1. The van der Waals surface area contributed by atoms with E-state index in [0.717, 1.165) is 19.4 Å². The summed E-state index contributed by atoms with van der Waals surface area (Å²) in [6.45, 7) is 9.51. The lowest BCUT2D eigenvalue weighted by atomic mass is 9.93. The predicted molar refractivity (Wildman–Crippen MR) is 124 cm³/mol. The van der Waals surface area contributed by atoms with E-state index in [0.29, 0.717) is 12.0 Å². The zero-order chi connectivity index (χ0) is 20.8. The quantitative estimate of drug-likeness (QED) is 0.452. The van der Waals surface area contributed by atoms with Gasteiger partial charge in [-0.25, -0.2) is 0 Å². The fourth-order valence-electron chi connectivity index (χ4n) is 3.96. The van der Waals surface area contributed by atoms with Crippen molar-refractivity contribution >= 4 is 10.8 Å². The van der Waals surface area contributed by atoms with Gasteiger partial charge in [0, 0.05) is 12.0 Å². The third-order valence-electron chi connectivity index (χ3n) is 6.22. The molecule has 0 saturated heterocycles. The number of benzene rings is 3. The van der Waals surface area contributed by atoms with Crippen LogP contribution in [-0.2, 0) is 0 Å². The molecule has 150 valence electrons. The Bertz CT molecular complexity index is 982. The summed E-state index contributed by atoms with van der Waals surface area (Å²) < 4.78 is 0. The molecule has 29 heavy (non-hydrogen) atoms. The van der Waals surface area contributed by atoms with E-state index in [1.165, 1.54) is 33.0 Å². The normalized spacial score (nSPS) is 14.3. The van der Waals surface area contributed by atoms with Gasteiger partial charge in [-0.2, -0.15) is 5.26 Å². The van der Waals surface area contributed by atoms with Gasteiger partial charge >= 0.3 is 0 Å². The van der Waals surface area contributed by atoms with Gasteiger partial charge in [0.25, 0.3) is 0 Å². The van der Waals surface area contributed by atoms with Crippen molar-refractivity contribution in [3.63, 3.8) is 0 Å². The smallest absolute Gasteiger partial charge is 0.0655 e. The summed E-state index contributed by atoms with van der Waals surface area (Å²) in [5, 5.41) is 15.4. The second kappa shape index (κ2) is 9.72. The van der Waals surface area contributed by atoms with Crippen LogP contribution >= 0.6 is 0 Å². The highest BCUT2D eigenvalue weighted by molar-refractivity contribution is 5.98. The molecule has 2 heteroatoms. The topological polar surface area (TPSA) is 35.8 Å². The van der Waals surface area contributed by atoms with Crippen molar-refractivity contribution in [2.75, 3.05) is 6.54 Å². The number of fused-ring (bicyclic) bond motifs is 1. The fraction of sp³-hybridized carbons (Fsp3) is 0.370. The van der Waals surface area contributed by atoms with Crippen molar-refractivity contribution in [1.82, 2.24) is 5.32 Å². The minimum atomic E-state index is 0.112. The largest absolute Gasteiger partial charge is 0.310 e. The zero-order valence-electron chi connectivity index (χ0n) is 18.1. The molecule has 0 aromatic heterocycles. The Kier molecular flexibility index (Phi) is 7.07. The highest BCUT2D eigenvalue weighted by Gasteiger charge is 2.14. The molecule has 0 radical (unpaired) electrons. The molecule has 3 unspecified atom stereocenters. The lowest BCUT2D eigenvalue weighted by Crippen LogP contribution is -2.24. The number of rotatable bonds is 8. The molecule has 0 fully saturated rings. The van der Waals surface area contributed by atoms with E-state index in [9.17, 15) is 0 Å². The number of hydrogen-bond donors (Lipinski definition) is 1. The average molecular weight is 385 g/mol. The van der Waals surface area contributed by atoms with Crippen LogP contribution in [0.25, 0.3) is 21.9 Å². The minimum Gasteiger partial charge on any atom is -0.310 e. The van der Waals surface area contributed by atoms with Gasteiger partial charge < -0.3 is 5.32 Å². The second-order valence-corrected chi connectivity index (χ2v) is 8.20. The maximum absolute atomic E-state index is 9.07. The lowest BCUT2D eigenvalue weighted by Gasteiger charge is -2.20. The van der Waals surface area contributed by atoms with Gasteiger partial charge in [0.05, 0.1) is 6.07 Å². The van der Waals surface area contributed by atoms with Gasteiger partial charge in [0.2, 0.25) is 0 Å². The molecule has 1 N–H and O–H groups in total. The van der Waals surface area contributed by atoms with E-state index in [4.69, 9.17) is 5.26 Å². The molecule has 3 atom stereocenters. The van der Waals surface area contributed by atoms with Crippen LogP contribution in [0.2, 0.25) is 0 Å². The fourth-order valence-corrected chi connectivity index (χ4v) is 3.96. The van der Waals surface area contributed by atoms with Crippen molar-refractivity contribution in [3.05, 3.63) is 71.8 Å². The summed E-state index contributed by atoms with van der Waals surface area (Å²) in [6.07, 6.45) is 2.08. The molecule has 3 rings (SSSR count). The van der Waals surface area contributed by atoms with E-state index in [1.54, 1.807) is 0 Å². The lowest BCUT2D eigenvalue weighted by molar-refractivity contribution is 0.401. The molecule has 3 aromatic rings. The number of nitrogens with one attached hydrogen (secondary N) is 1. The van der Waals surface area contributed by atoms with Crippen LogP contribution in [0.3, 0.4) is 0 Å². The maximum Gasteiger partial charge on any atom is 0.0655 e. The third-order valence-corrected chi connectivity index (χ3v) is 6.22. The summed E-state index contributed by atoms with van der Waals surface area (Å²) in [4.78, 5) is 0. The molecular formula is C27H32N2. The Labute approximate surface area is 175 Å². The van der Waals surface area contributed by atoms with Crippen LogP contribution in [0.15, 0.2) is 60.7 Å². The van der Waals surface area contributed by atoms with E-state index in [1.807, 2.05) is 6.92 Å². The molecule has 0 bridgehead atoms. The number of hydrogen-bond acceptors (Lipinski definition) is 2. The van der Waals surface area contributed by atoms with Crippen molar-refractivity contribution in [3.8, 4) is 17.2 Å². The molecule has 2 nitrogen and oxygen atoms in total. The Morgan fingerprint density at radius 2 is 1.62 bits per heavy atom. The van der Waals surface area contributed by atoms with E-state index >= 15 is 0 Å². The Hall–Kier alpha value is -2.63. The first-order valence-corrected chi connectivity index (χ1v) is 10.8. The monoisotopic (exact) mass is 384 g/mol. The number of nitrogens with zero attached hydrogens (tertiary/aromatic N) is 1. The van der Waals surface area contributed by atoms with Crippen molar-refractivity contribution in [2.24, 2.45) is 11.8 Å². The molecule has 0 aliphatic carbocycles. The first-order chi connectivity index (χ1) is 14.0. The van der Waals surface area contributed by atoms with Crippen molar-refractivity contribution in [1.29, 1.82) is 5.26 Å². The highest BCUT2D eigenvalue weighted by Crippen LogP contribution is 2.31. The Morgan fingerprint density at radius 1 is 0.931 bits per heavy atom. The van der Waals surface area contributed by atoms with Gasteiger partial charge in [-0.3, -0.25) is 0 Å². The molecule has 3 aromatic carbocycles. The van der Waals surface area contributed by atoms with Gasteiger partial charge in [0.15, 0.2) is 0 Å². The van der Waals surface area contributed by atoms with Crippen LogP contribution in [0, 0.1) is 30.1 Å². The van der Waals surface area contributed by atoms with Crippen LogP contribution in [0.4, 0.5) is 0 Å². The molecule has 0 aliphatic rings. The first kappa shape index (κ1) is 21.1. The van der Waals surface area contributed by atoms with Gasteiger partial charge in [-0.15, -0.1) is 0 Å². The van der Waals surface area contributed by atoms with E-state index in [2.05, 4.69) is 92.8 Å². The standard InChI is InChI=1S/C27H32N2/c1-5-27(29-17-16-19(2)21(4)18-28)23-13-11-22(12-14-23)25-15-10-20(3)24-8-6-7-9-26(24)25/h6-15,19,21,27,29H,5,16-17H2,1-4H3. The van der Waals surface area contributed by atoms with Crippen molar-refractivity contribution < 1.29 is 0 Å². The molecule has 0 saturated carbocycles. The van der Waals surface area contributed by atoms with Gasteiger partial charge in [-0.1, -0.05) is 74.5 Å².